The minimum atomic E-state index is -0.740. The van der Waals surface area contributed by atoms with Crippen LogP contribution in [0.1, 0.15) is 11.1 Å². The maximum Gasteiger partial charge on any atom is 0.312 e. The highest BCUT2D eigenvalue weighted by Crippen LogP contribution is 2.33. The Morgan fingerprint density at radius 2 is 2.12 bits per heavy atom. The first-order valence-corrected chi connectivity index (χ1v) is 8.54. The Bertz CT molecular complexity index is 983. The molecule has 132 valence electrons. The molecule has 0 spiro atoms. The summed E-state index contributed by atoms with van der Waals surface area (Å²) in [5, 5.41) is 33.0. The van der Waals surface area contributed by atoms with Gasteiger partial charge in [0.25, 0.3) is 5.91 Å². The molecule has 0 radical (unpaired) electrons. The molecule has 9 heteroatoms. The number of nitriles is 1. The molecule has 0 aliphatic rings. The predicted molar refractivity (Wildman–Crippen MR) is 106 cm³/mol. The number of nitro benzene ring substituents is 1. The fourth-order valence-electron chi connectivity index (χ4n) is 2.06. The quantitative estimate of drug-likeness (QED) is 0.220. The van der Waals surface area contributed by atoms with Crippen molar-refractivity contribution in [1.82, 2.24) is 0 Å². The molecular formula is C17H11ClIN3O4. The second-order valence-corrected chi connectivity index (χ2v) is 6.81. The van der Waals surface area contributed by atoms with E-state index in [9.17, 15) is 25.3 Å². The number of benzene rings is 2. The van der Waals surface area contributed by atoms with Gasteiger partial charge in [-0.15, -0.1) is 0 Å². The fourth-order valence-corrected chi connectivity index (χ4v) is 2.87. The smallest absolute Gasteiger partial charge is 0.312 e. The largest absolute Gasteiger partial charge is 0.501 e. The normalized spacial score (nSPS) is 10.9. The van der Waals surface area contributed by atoms with Crippen molar-refractivity contribution in [3.63, 3.8) is 0 Å². The summed E-state index contributed by atoms with van der Waals surface area (Å²) in [4.78, 5) is 22.6. The van der Waals surface area contributed by atoms with Crippen LogP contribution in [0.3, 0.4) is 0 Å². The van der Waals surface area contributed by atoms with Crippen molar-refractivity contribution < 1.29 is 14.8 Å². The van der Waals surface area contributed by atoms with E-state index in [0.29, 0.717) is 10.7 Å². The standard InChI is InChI=1S/C17H11ClIN3O4/c1-9-2-3-12(18)7-14(9)21-17(24)11(8-20)4-10-5-13(19)16(23)15(6-10)22(25)26/h2-7,23H,1H3,(H,21,24)/b11-4+. The van der Waals surface area contributed by atoms with Gasteiger partial charge in [0.1, 0.15) is 11.6 Å². The van der Waals surface area contributed by atoms with Crippen LogP contribution in [0.5, 0.6) is 5.75 Å². The Hall–Kier alpha value is -2.64. The third-order valence-electron chi connectivity index (χ3n) is 3.39. The van der Waals surface area contributed by atoms with Crippen molar-refractivity contribution in [3.8, 4) is 11.8 Å². The highest BCUT2D eigenvalue weighted by atomic mass is 127. The number of amides is 1. The molecule has 1 amide bonds. The number of nitrogens with zero attached hydrogens (tertiary/aromatic N) is 2. The van der Waals surface area contributed by atoms with Gasteiger partial charge in [-0.05, 0) is 64.9 Å². The van der Waals surface area contributed by atoms with Crippen molar-refractivity contribution in [2.45, 2.75) is 6.92 Å². The van der Waals surface area contributed by atoms with Gasteiger partial charge in [-0.25, -0.2) is 0 Å². The second kappa shape index (κ2) is 8.16. The van der Waals surface area contributed by atoms with Gasteiger partial charge in [0.05, 0.1) is 8.49 Å². The van der Waals surface area contributed by atoms with Crippen LogP contribution in [-0.4, -0.2) is 15.9 Å². The first kappa shape index (κ1) is 19.7. The van der Waals surface area contributed by atoms with Gasteiger partial charge >= 0.3 is 5.69 Å². The summed E-state index contributed by atoms with van der Waals surface area (Å²) in [7, 11) is 0. The van der Waals surface area contributed by atoms with Gasteiger partial charge in [0.2, 0.25) is 5.75 Å². The summed E-state index contributed by atoms with van der Waals surface area (Å²) in [6.45, 7) is 1.77. The molecule has 0 aliphatic heterocycles. The number of anilines is 1. The zero-order valence-electron chi connectivity index (χ0n) is 13.3. The molecule has 0 heterocycles. The number of carbonyl (C=O) groups is 1. The van der Waals surface area contributed by atoms with Gasteiger partial charge in [0, 0.05) is 16.8 Å². The lowest BCUT2D eigenvalue weighted by molar-refractivity contribution is -0.386. The number of aromatic hydroxyl groups is 1. The highest BCUT2D eigenvalue weighted by Gasteiger charge is 2.18. The molecule has 2 N–H and O–H groups in total. The Kier molecular flexibility index (Phi) is 6.18. The lowest BCUT2D eigenvalue weighted by atomic mass is 10.1. The molecule has 0 bridgehead atoms. The molecule has 0 aromatic heterocycles. The number of nitrogens with one attached hydrogen (secondary N) is 1. The molecule has 2 aromatic rings. The first-order chi connectivity index (χ1) is 12.2. The van der Waals surface area contributed by atoms with Crippen molar-refractivity contribution in [1.29, 1.82) is 5.26 Å². The summed E-state index contributed by atoms with van der Waals surface area (Å²) in [5.74, 6) is -1.14. The molecule has 0 unspecified atom stereocenters. The van der Waals surface area contributed by atoms with Crippen molar-refractivity contribution >= 4 is 57.5 Å². The summed E-state index contributed by atoms with van der Waals surface area (Å²) < 4.78 is 0.228. The van der Waals surface area contributed by atoms with Gasteiger partial charge < -0.3 is 10.4 Å². The van der Waals surface area contributed by atoms with E-state index < -0.39 is 22.3 Å². The van der Waals surface area contributed by atoms with Crippen LogP contribution in [0.2, 0.25) is 5.02 Å². The summed E-state index contributed by atoms with van der Waals surface area (Å²) >= 11 is 7.63. The van der Waals surface area contributed by atoms with Crippen LogP contribution in [0.4, 0.5) is 11.4 Å². The maximum atomic E-state index is 12.4. The van der Waals surface area contributed by atoms with Crippen LogP contribution >= 0.6 is 34.2 Å². The minimum absolute atomic E-state index is 0.228. The molecule has 0 fully saturated rings. The number of carbonyl (C=O) groups excluding carboxylic acids is 1. The van der Waals surface area contributed by atoms with E-state index in [0.717, 1.165) is 11.6 Å². The van der Waals surface area contributed by atoms with Crippen LogP contribution in [-0.2, 0) is 4.79 Å². The van der Waals surface area contributed by atoms with E-state index in [-0.39, 0.29) is 14.7 Å². The molecule has 26 heavy (non-hydrogen) atoms. The summed E-state index contributed by atoms with van der Waals surface area (Å²) in [6, 6.07) is 9.23. The van der Waals surface area contributed by atoms with E-state index in [1.165, 1.54) is 12.1 Å². The van der Waals surface area contributed by atoms with Crippen molar-refractivity contribution in [2.75, 3.05) is 5.32 Å². The fraction of sp³-hybridized carbons (Fsp3) is 0.0588. The zero-order chi connectivity index (χ0) is 19.4. The predicted octanol–water partition coefficient (Wildman–Crippen LogP) is 4.41. The number of phenols is 1. The van der Waals surface area contributed by atoms with E-state index >= 15 is 0 Å². The van der Waals surface area contributed by atoms with E-state index in [4.69, 9.17) is 11.6 Å². The number of rotatable bonds is 4. The third-order valence-corrected chi connectivity index (χ3v) is 4.44. The zero-order valence-corrected chi connectivity index (χ0v) is 16.2. The molecule has 0 saturated carbocycles. The SMILES string of the molecule is Cc1ccc(Cl)cc1NC(=O)/C(C#N)=C/c1cc(I)c(O)c([N+](=O)[O-])c1. The number of phenolic OH excluding ortho intramolecular Hbond substituents is 1. The molecule has 2 rings (SSSR count). The van der Waals surface area contributed by atoms with Crippen LogP contribution in [0.25, 0.3) is 6.08 Å². The summed E-state index contributed by atoms with van der Waals surface area (Å²) in [6.07, 6.45) is 1.21. The average Bonchev–Trinajstić information content (AvgIpc) is 2.58. The van der Waals surface area contributed by atoms with Crippen molar-refractivity contribution in [2.24, 2.45) is 0 Å². The second-order valence-electron chi connectivity index (χ2n) is 5.21. The topological polar surface area (TPSA) is 116 Å². The van der Waals surface area contributed by atoms with Crippen LogP contribution < -0.4 is 5.32 Å². The Morgan fingerprint density at radius 1 is 1.42 bits per heavy atom. The van der Waals surface area contributed by atoms with Gasteiger partial charge in [-0.2, -0.15) is 5.26 Å². The molecule has 0 atom stereocenters. The third kappa shape index (κ3) is 4.50. The minimum Gasteiger partial charge on any atom is -0.501 e. The van der Waals surface area contributed by atoms with E-state index in [2.05, 4.69) is 5.32 Å². The lowest BCUT2D eigenvalue weighted by Crippen LogP contribution is -2.14. The monoisotopic (exact) mass is 483 g/mol. The van der Waals surface area contributed by atoms with Gasteiger partial charge in [-0.3, -0.25) is 14.9 Å². The molecule has 2 aromatic carbocycles. The number of hydrogen-bond acceptors (Lipinski definition) is 5. The number of halogens is 2. The first-order valence-electron chi connectivity index (χ1n) is 7.09. The van der Waals surface area contributed by atoms with E-state index in [1.54, 1.807) is 53.8 Å². The van der Waals surface area contributed by atoms with Crippen LogP contribution in [0.15, 0.2) is 35.9 Å². The Labute approximate surface area is 167 Å². The van der Waals surface area contributed by atoms with Crippen molar-refractivity contribution in [3.05, 3.63) is 65.7 Å². The molecule has 0 aliphatic carbocycles. The number of hydrogen-bond donors (Lipinski definition) is 2. The molecular weight excluding hydrogens is 473 g/mol. The Morgan fingerprint density at radius 3 is 2.73 bits per heavy atom. The Balaban J connectivity index is 2.39. The average molecular weight is 484 g/mol. The van der Waals surface area contributed by atoms with Crippen LogP contribution in [0, 0.1) is 31.9 Å². The van der Waals surface area contributed by atoms with Gasteiger partial charge in [0.15, 0.2) is 0 Å². The summed E-state index contributed by atoms with van der Waals surface area (Å²) in [5.41, 5.74) is 0.699. The highest BCUT2D eigenvalue weighted by molar-refractivity contribution is 14.1. The molecule has 7 nitrogen and oxygen atoms in total. The lowest BCUT2D eigenvalue weighted by Gasteiger charge is -2.08. The number of nitro groups is 1. The number of aryl methyl sites for hydroxylation is 1. The van der Waals surface area contributed by atoms with Gasteiger partial charge in [-0.1, -0.05) is 17.7 Å². The maximum absolute atomic E-state index is 12.4. The van der Waals surface area contributed by atoms with E-state index in [1.807, 2.05) is 0 Å². The molecule has 0 saturated heterocycles.